The number of aromatic hydroxyl groups is 1. The fraction of sp³-hybridized carbons (Fsp3) is 0.207. The van der Waals surface area contributed by atoms with Crippen LogP contribution in [0.1, 0.15) is 23.1 Å². The molecular weight excluding hydrogens is 438 g/mol. The van der Waals surface area contributed by atoms with Gasteiger partial charge in [-0.1, -0.05) is 48.5 Å². The lowest BCUT2D eigenvalue weighted by Crippen LogP contribution is -2.46. The molecule has 0 saturated carbocycles. The van der Waals surface area contributed by atoms with E-state index in [2.05, 4.69) is 39.0 Å². The number of pyridine rings is 1. The van der Waals surface area contributed by atoms with Crippen molar-refractivity contribution in [3.8, 4) is 5.75 Å². The van der Waals surface area contributed by atoms with Crippen molar-refractivity contribution < 1.29 is 14.7 Å². The van der Waals surface area contributed by atoms with E-state index < -0.39 is 0 Å². The number of anilines is 1. The first kappa shape index (κ1) is 24.1. The Balaban J connectivity index is 1.22. The molecule has 2 heterocycles. The van der Waals surface area contributed by atoms with Crippen molar-refractivity contribution in [1.82, 2.24) is 9.88 Å². The van der Waals surface area contributed by atoms with Gasteiger partial charge in [0.15, 0.2) is 11.6 Å². The summed E-state index contributed by atoms with van der Waals surface area (Å²) in [5.74, 6) is 0.566. The van der Waals surface area contributed by atoms with Gasteiger partial charge in [-0.15, -0.1) is 0 Å². The molecule has 0 bridgehead atoms. The molecular formula is C29H29N3O3. The first-order valence-electron chi connectivity index (χ1n) is 11.7. The minimum absolute atomic E-state index is 0.165. The van der Waals surface area contributed by atoms with Crippen molar-refractivity contribution >= 4 is 29.5 Å². The van der Waals surface area contributed by atoms with Crippen LogP contribution in [-0.4, -0.2) is 52.7 Å². The SMILES string of the molecule is O=C(/C=C/c1ccc(O)cc1)CC(=O)/C=C/c1ccc(N2CCN(Cc3ccccc3)CC2)nc1. The number of carbonyl (C=O) groups is 2. The Morgan fingerprint density at radius 1 is 0.800 bits per heavy atom. The molecule has 1 saturated heterocycles. The number of benzene rings is 2. The molecule has 35 heavy (non-hydrogen) atoms. The summed E-state index contributed by atoms with van der Waals surface area (Å²) in [6, 6.07) is 20.9. The molecule has 6 heteroatoms. The molecule has 1 aliphatic rings. The third-order valence-corrected chi connectivity index (χ3v) is 5.88. The normalized spacial score (nSPS) is 14.6. The zero-order chi connectivity index (χ0) is 24.5. The van der Waals surface area contributed by atoms with Gasteiger partial charge in [0, 0.05) is 38.9 Å². The minimum Gasteiger partial charge on any atom is -0.508 e. The van der Waals surface area contributed by atoms with Crippen LogP contribution in [0.4, 0.5) is 5.82 Å². The Hall–Kier alpha value is -4.03. The molecule has 0 radical (unpaired) electrons. The summed E-state index contributed by atoms with van der Waals surface area (Å²) in [4.78, 5) is 33.5. The van der Waals surface area contributed by atoms with Gasteiger partial charge in [0.25, 0.3) is 0 Å². The molecule has 1 aliphatic heterocycles. The lowest BCUT2D eigenvalue weighted by atomic mass is 10.1. The fourth-order valence-corrected chi connectivity index (χ4v) is 3.91. The van der Waals surface area contributed by atoms with E-state index in [4.69, 9.17) is 0 Å². The van der Waals surface area contributed by atoms with Gasteiger partial charge in [0.05, 0.1) is 6.42 Å². The van der Waals surface area contributed by atoms with Crippen LogP contribution < -0.4 is 4.90 Å². The third kappa shape index (κ3) is 7.48. The van der Waals surface area contributed by atoms with Crippen molar-refractivity contribution in [2.24, 2.45) is 0 Å². The monoisotopic (exact) mass is 467 g/mol. The van der Waals surface area contributed by atoms with Crippen LogP contribution in [0.5, 0.6) is 5.75 Å². The molecule has 1 fully saturated rings. The largest absolute Gasteiger partial charge is 0.508 e. The minimum atomic E-state index is -0.271. The van der Waals surface area contributed by atoms with E-state index in [1.54, 1.807) is 42.6 Å². The average Bonchev–Trinajstić information content (AvgIpc) is 2.89. The Bertz CT molecular complexity index is 1180. The van der Waals surface area contributed by atoms with Crippen molar-refractivity contribution in [1.29, 1.82) is 0 Å². The maximum atomic E-state index is 12.2. The van der Waals surface area contributed by atoms with Gasteiger partial charge in [0.2, 0.25) is 0 Å². The van der Waals surface area contributed by atoms with Crippen molar-refractivity contribution in [3.63, 3.8) is 0 Å². The number of hydrogen-bond donors (Lipinski definition) is 1. The van der Waals surface area contributed by atoms with Gasteiger partial charge in [0.1, 0.15) is 11.6 Å². The zero-order valence-electron chi connectivity index (χ0n) is 19.6. The van der Waals surface area contributed by atoms with E-state index in [1.807, 2.05) is 18.2 Å². The van der Waals surface area contributed by atoms with Gasteiger partial charge in [-0.05, 0) is 59.2 Å². The molecule has 0 unspecified atom stereocenters. The second-order valence-corrected chi connectivity index (χ2v) is 8.57. The second kappa shape index (κ2) is 11.9. The molecule has 1 aromatic heterocycles. The van der Waals surface area contributed by atoms with Crippen molar-refractivity contribution in [2.75, 3.05) is 31.1 Å². The number of hydrogen-bond acceptors (Lipinski definition) is 6. The molecule has 0 aliphatic carbocycles. The highest BCUT2D eigenvalue weighted by atomic mass is 16.3. The lowest BCUT2D eigenvalue weighted by molar-refractivity contribution is -0.121. The topological polar surface area (TPSA) is 73.7 Å². The molecule has 178 valence electrons. The predicted molar refractivity (Wildman–Crippen MR) is 139 cm³/mol. The Kier molecular flexibility index (Phi) is 8.20. The van der Waals surface area contributed by atoms with E-state index in [1.165, 1.54) is 17.7 Å². The van der Waals surface area contributed by atoms with Crippen molar-refractivity contribution in [3.05, 3.63) is 102 Å². The fourth-order valence-electron chi connectivity index (χ4n) is 3.91. The van der Waals surface area contributed by atoms with Gasteiger partial charge in [-0.3, -0.25) is 14.5 Å². The van der Waals surface area contributed by atoms with Gasteiger partial charge >= 0.3 is 0 Å². The van der Waals surface area contributed by atoms with Crippen LogP contribution in [0.2, 0.25) is 0 Å². The lowest BCUT2D eigenvalue weighted by Gasteiger charge is -2.35. The van der Waals surface area contributed by atoms with Crippen LogP contribution in [0.25, 0.3) is 12.2 Å². The summed E-state index contributed by atoms with van der Waals surface area (Å²) in [6.07, 6.45) is 7.68. The number of carbonyl (C=O) groups excluding carboxylic acids is 2. The summed E-state index contributed by atoms with van der Waals surface area (Å²) in [5.41, 5.74) is 2.93. The quantitative estimate of drug-likeness (QED) is 0.372. The number of allylic oxidation sites excluding steroid dienone is 2. The number of aromatic nitrogens is 1. The van der Waals surface area contributed by atoms with Gasteiger partial charge in [-0.25, -0.2) is 4.98 Å². The first-order valence-corrected chi connectivity index (χ1v) is 11.7. The standard InChI is InChI=1S/C29H29N3O3/c33-26-11-6-23(7-12-26)8-13-27(34)20-28(35)14-9-24-10-15-29(30-21-24)32-18-16-31(17-19-32)22-25-4-2-1-3-5-25/h1-15,21,33H,16-20,22H2/b13-8+,14-9+. The molecule has 1 N–H and O–H groups in total. The highest BCUT2D eigenvalue weighted by Gasteiger charge is 2.18. The maximum Gasteiger partial charge on any atom is 0.163 e. The maximum absolute atomic E-state index is 12.2. The summed E-state index contributed by atoms with van der Waals surface area (Å²) in [5, 5.41) is 9.29. The smallest absolute Gasteiger partial charge is 0.163 e. The van der Waals surface area contributed by atoms with E-state index >= 15 is 0 Å². The molecule has 0 spiro atoms. The van der Waals surface area contributed by atoms with E-state index in [0.717, 1.165) is 49.7 Å². The molecule has 6 nitrogen and oxygen atoms in total. The Morgan fingerprint density at radius 3 is 2.06 bits per heavy atom. The number of rotatable bonds is 9. The summed E-state index contributed by atoms with van der Waals surface area (Å²) < 4.78 is 0. The van der Waals surface area contributed by atoms with E-state index in [-0.39, 0.29) is 23.7 Å². The highest BCUT2D eigenvalue weighted by molar-refractivity contribution is 6.10. The number of phenols is 1. The molecule has 3 aromatic rings. The molecule has 0 atom stereocenters. The van der Waals surface area contributed by atoms with Crippen LogP contribution in [0.3, 0.4) is 0 Å². The number of ketones is 2. The number of nitrogens with zero attached hydrogens (tertiary/aromatic N) is 3. The van der Waals surface area contributed by atoms with E-state index in [0.29, 0.717) is 0 Å². The van der Waals surface area contributed by atoms with E-state index in [9.17, 15) is 14.7 Å². The first-order chi connectivity index (χ1) is 17.0. The number of piperazine rings is 1. The number of phenolic OH excluding ortho intramolecular Hbond substituents is 1. The third-order valence-electron chi connectivity index (χ3n) is 5.88. The Morgan fingerprint density at radius 2 is 1.43 bits per heavy atom. The molecule has 0 amide bonds. The van der Waals surface area contributed by atoms with Gasteiger partial charge < -0.3 is 10.0 Å². The van der Waals surface area contributed by atoms with Crippen LogP contribution in [0.15, 0.2) is 85.1 Å². The second-order valence-electron chi connectivity index (χ2n) is 8.57. The Labute approximate surface area is 205 Å². The summed E-state index contributed by atoms with van der Waals surface area (Å²) in [6.45, 7) is 4.79. The molecule has 4 rings (SSSR count). The van der Waals surface area contributed by atoms with Crippen LogP contribution in [0, 0.1) is 0 Å². The average molecular weight is 468 g/mol. The summed E-state index contributed by atoms with van der Waals surface area (Å²) >= 11 is 0. The van der Waals surface area contributed by atoms with Crippen LogP contribution >= 0.6 is 0 Å². The highest BCUT2D eigenvalue weighted by Crippen LogP contribution is 2.16. The molecule has 2 aromatic carbocycles. The van der Waals surface area contributed by atoms with Crippen LogP contribution in [-0.2, 0) is 16.1 Å². The van der Waals surface area contributed by atoms with Gasteiger partial charge in [-0.2, -0.15) is 0 Å². The predicted octanol–water partition coefficient (Wildman–Crippen LogP) is 4.36. The zero-order valence-corrected chi connectivity index (χ0v) is 19.6. The summed E-state index contributed by atoms with van der Waals surface area (Å²) in [7, 11) is 0. The van der Waals surface area contributed by atoms with Crippen molar-refractivity contribution in [2.45, 2.75) is 13.0 Å².